The van der Waals surface area contributed by atoms with Crippen molar-refractivity contribution in [2.45, 2.75) is 19.4 Å². The van der Waals surface area contributed by atoms with Gasteiger partial charge in [0.05, 0.1) is 6.42 Å². The second-order valence-electron chi connectivity index (χ2n) is 5.77. The van der Waals surface area contributed by atoms with E-state index in [-0.39, 0.29) is 6.42 Å². The van der Waals surface area contributed by atoms with Crippen molar-refractivity contribution in [2.24, 2.45) is 0 Å². The fraction of sp³-hybridized carbons (Fsp3) is 0.211. The summed E-state index contributed by atoms with van der Waals surface area (Å²) in [7, 11) is 0. The van der Waals surface area contributed by atoms with E-state index >= 15 is 0 Å². The number of imide groups is 1. The standard InChI is InChI=1S/C19H16ClNO4/c1-12(14-7-4-5-9-16(14)20)25-18(23)11-21-17(22)10-13-6-2-3-8-15(13)19(21)24/h2-9,12H,10-11H2,1H3/t12-/m0/s1. The molecule has 1 aliphatic rings. The first-order valence-electron chi connectivity index (χ1n) is 7.84. The molecule has 0 aliphatic carbocycles. The SMILES string of the molecule is C[C@H](OC(=O)CN1C(=O)Cc2ccccc2C1=O)c1ccccc1Cl. The summed E-state index contributed by atoms with van der Waals surface area (Å²) in [5.74, 6) is -1.55. The van der Waals surface area contributed by atoms with Crippen LogP contribution in [0.4, 0.5) is 0 Å². The molecule has 0 radical (unpaired) electrons. The molecule has 0 spiro atoms. The Balaban J connectivity index is 1.70. The molecule has 2 aromatic carbocycles. The number of amides is 2. The molecule has 2 aromatic rings. The third kappa shape index (κ3) is 3.56. The molecule has 1 aliphatic heterocycles. The van der Waals surface area contributed by atoms with E-state index in [0.29, 0.717) is 21.7 Å². The molecule has 5 nitrogen and oxygen atoms in total. The monoisotopic (exact) mass is 357 g/mol. The Hall–Kier alpha value is -2.66. The third-order valence-corrected chi connectivity index (χ3v) is 4.42. The van der Waals surface area contributed by atoms with Crippen LogP contribution in [-0.2, 0) is 20.7 Å². The van der Waals surface area contributed by atoms with E-state index in [1.807, 2.05) is 0 Å². The molecule has 0 unspecified atom stereocenters. The summed E-state index contributed by atoms with van der Waals surface area (Å²) in [4.78, 5) is 37.8. The maximum absolute atomic E-state index is 12.4. The topological polar surface area (TPSA) is 63.7 Å². The third-order valence-electron chi connectivity index (χ3n) is 4.07. The van der Waals surface area contributed by atoms with Crippen LogP contribution in [0.5, 0.6) is 0 Å². The second-order valence-corrected chi connectivity index (χ2v) is 6.18. The average molecular weight is 358 g/mol. The van der Waals surface area contributed by atoms with Crippen molar-refractivity contribution in [1.29, 1.82) is 0 Å². The number of fused-ring (bicyclic) bond motifs is 1. The van der Waals surface area contributed by atoms with Crippen molar-refractivity contribution < 1.29 is 19.1 Å². The fourth-order valence-corrected chi connectivity index (χ4v) is 3.08. The molecule has 6 heteroatoms. The van der Waals surface area contributed by atoms with Crippen LogP contribution >= 0.6 is 11.6 Å². The lowest BCUT2D eigenvalue weighted by Crippen LogP contribution is -2.45. The molecule has 128 valence electrons. The summed E-state index contributed by atoms with van der Waals surface area (Å²) in [6.45, 7) is 1.27. The minimum absolute atomic E-state index is 0.0925. The molecule has 0 saturated carbocycles. The lowest BCUT2D eigenvalue weighted by molar-refractivity contribution is -0.152. The summed E-state index contributed by atoms with van der Waals surface area (Å²) in [5.41, 5.74) is 1.78. The molecule has 1 heterocycles. The Morgan fingerprint density at radius 3 is 2.60 bits per heavy atom. The van der Waals surface area contributed by atoms with Gasteiger partial charge in [-0.25, -0.2) is 0 Å². The van der Waals surface area contributed by atoms with Gasteiger partial charge in [-0.1, -0.05) is 48.0 Å². The van der Waals surface area contributed by atoms with Gasteiger partial charge in [-0.3, -0.25) is 19.3 Å². The van der Waals surface area contributed by atoms with Crippen molar-refractivity contribution in [3.8, 4) is 0 Å². The summed E-state index contributed by atoms with van der Waals surface area (Å²) in [6, 6.07) is 13.9. The highest BCUT2D eigenvalue weighted by molar-refractivity contribution is 6.31. The summed E-state index contributed by atoms with van der Waals surface area (Å²) in [5, 5.41) is 0.488. The molecule has 0 N–H and O–H groups in total. The van der Waals surface area contributed by atoms with E-state index < -0.39 is 30.4 Å². The number of esters is 1. The smallest absolute Gasteiger partial charge is 0.326 e. The van der Waals surface area contributed by atoms with Gasteiger partial charge >= 0.3 is 5.97 Å². The van der Waals surface area contributed by atoms with Gasteiger partial charge in [0.25, 0.3) is 5.91 Å². The molecular weight excluding hydrogens is 342 g/mol. The molecule has 3 rings (SSSR count). The molecule has 25 heavy (non-hydrogen) atoms. The maximum atomic E-state index is 12.4. The van der Waals surface area contributed by atoms with Gasteiger partial charge in [0.2, 0.25) is 5.91 Å². The van der Waals surface area contributed by atoms with Crippen LogP contribution in [-0.4, -0.2) is 29.2 Å². The summed E-state index contributed by atoms with van der Waals surface area (Å²) < 4.78 is 5.34. The lowest BCUT2D eigenvalue weighted by atomic mass is 9.98. The van der Waals surface area contributed by atoms with E-state index in [1.165, 1.54) is 0 Å². The number of benzene rings is 2. The highest BCUT2D eigenvalue weighted by Gasteiger charge is 2.32. The van der Waals surface area contributed by atoms with Crippen LogP contribution in [0.2, 0.25) is 5.02 Å². The number of ether oxygens (including phenoxy) is 1. The van der Waals surface area contributed by atoms with Crippen LogP contribution < -0.4 is 0 Å². The van der Waals surface area contributed by atoms with Gasteiger partial charge < -0.3 is 4.74 Å². The predicted molar refractivity (Wildman–Crippen MR) is 92.1 cm³/mol. The largest absolute Gasteiger partial charge is 0.456 e. The number of nitrogens with zero attached hydrogens (tertiary/aromatic N) is 1. The van der Waals surface area contributed by atoms with Gasteiger partial charge in [-0.05, 0) is 24.6 Å². The normalized spacial score (nSPS) is 14.9. The molecule has 0 saturated heterocycles. The Kier molecular flexibility index (Phi) is 4.86. The van der Waals surface area contributed by atoms with Crippen molar-refractivity contribution >= 4 is 29.4 Å². The van der Waals surface area contributed by atoms with Crippen LogP contribution in [0.25, 0.3) is 0 Å². The number of hydrogen-bond donors (Lipinski definition) is 0. The number of hydrogen-bond acceptors (Lipinski definition) is 4. The summed E-state index contributed by atoms with van der Waals surface area (Å²) in [6.07, 6.45) is -0.488. The van der Waals surface area contributed by atoms with Crippen LogP contribution in [0.1, 0.15) is 34.5 Å². The van der Waals surface area contributed by atoms with E-state index in [1.54, 1.807) is 55.5 Å². The molecule has 0 fully saturated rings. The zero-order chi connectivity index (χ0) is 18.0. The minimum Gasteiger partial charge on any atom is -0.456 e. The van der Waals surface area contributed by atoms with Gasteiger partial charge in [-0.15, -0.1) is 0 Å². The maximum Gasteiger partial charge on any atom is 0.326 e. The number of carbonyl (C=O) groups is 3. The van der Waals surface area contributed by atoms with Crippen LogP contribution in [0, 0.1) is 0 Å². The first kappa shape index (κ1) is 17.2. The number of rotatable bonds is 4. The predicted octanol–water partition coefficient (Wildman–Crippen LogP) is 3.17. The van der Waals surface area contributed by atoms with Gasteiger partial charge in [0.1, 0.15) is 12.6 Å². The van der Waals surface area contributed by atoms with E-state index in [4.69, 9.17) is 16.3 Å². The Morgan fingerprint density at radius 1 is 1.16 bits per heavy atom. The Morgan fingerprint density at radius 2 is 1.84 bits per heavy atom. The lowest BCUT2D eigenvalue weighted by Gasteiger charge is -2.26. The van der Waals surface area contributed by atoms with Crippen molar-refractivity contribution in [3.63, 3.8) is 0 Å². The minimum atomic E-state index is -0.659. The number of halogens is 1. The zero-order valence-electron chi connectivity index (χ0n) is 13.6. The van der Waals surface area contributed by atoms with Crippen molar-refractivity contribution in [1.82, 2.24) is 4.90 Å². The first-order valence-corrected chi connectivity index (χ1v) is 8.21. The molecular formula is C19H16ClNO4. The first-order chi connectivity index (χ1) is 12.0. The quantitative estimate of drug-likeness (QED) is 0.622. The van der Waals surface area contributed by atoms with E-state index in [0.717, 1.165) is 4.90 Å². The average Bonchev–Trinajstić information content (AvgIpc) is 2.59. The molecule has 1 atom stereocenters. The zero-order valence-corrected chi connectivity index (χ0v) is 14.3. The highest BCUT2D eigenvalue weighted by Crippen LogP contribution is 2.25. The molecule has 0 bridgehead atoms. The molecule has 2 amide bonds. The fourth-order valence-electron chi connectivity index (χ4n) is 2.79. The second kappa shape index (κ2) is 7.07. The van der Waals surface area contributed by atoms with Crippen molar-refractivity contribution in [2.75, 3.05) is 6.54 Å². The van der Waals surface area contributed by atoms with Crippen LogP contribution in [0.15, 0.2) is 48.5 Å². The summed E-state index contributed by atoms with van der Waals surface area (Å²) >= 11 is 6.09. The number of carbonyl (C=O) groups excluding carboxylic acids is 3. The van der Waals surface area contributed by atoms with E-state index in [2.05, 4.69) is 0 Å². The Labute approximate surface area is 150 Å². The van der Waals surface area contributed by atoms with Gasteiger partial charge in [0.15, 0.2) is 0 Å². The Bertz CT molecular complexity index is 849. The molecule has 0 aromatic heterocycles. The van der Waals surface area contributed by atoms with Crippen molar-refractivity contribution in [3.05, 3.63) is 70.2 Å². The van der Waals surface area contributed by atoms with Crippen LogP contribution in [0.3, 0.4) is 0 Å². The van der Waals surface area contributed by atoms with Gasteiger partial charge in [0, 0.05) is 16.1 Å². The van der Waals surface area contributed by atoms with Gasteiger partial charge in [-0.2, -0.15) is 0 Å². The highest BCUT2D eigenvalue weighted by atomic mass is 35.5. The van der Waals surface area contributed by atoms with E-state index in [9.17, 15) is 14.4 Å².